The highest BCUT2D eigenvalue weighted by atomic mass is 31.2. The largest absolute Gasteiger partial charge is 0.465 e. The van der Waals surface area contributed by atoms with Crippen molar-refractivity contribution in [1.29, 1.82) is 0 Å². The fourth-order valence-corrected chi connectivity index (χ4v) is 3.83. The van der Waals surface area contributed by atoms with Crippen LogP contribution in [-0.2, 0) is 23.1 Å². The lowest BCUT2D eigenvalue weighted by Gasteiger charge is -2.23. The van der Waals surface area contributed by atoms with Crippen molar-refractivity contribution in [3.05, 3.63) is 12.0 Å². The number of ether oxygens (including phenoxy) is 2. The summed E-state index contributed by atoms with van der Waals surface area (Å²) in [6.07, 6.45) is 1.45. The Morgan fingerprint density at radius 2 is 1.89 bits per heavy atom. The topological polar surface area (TPSA) is 54.0 Å². The van der Waals surface area contributed by atoms with E-state index in [0.717, 1.165) is 0 Å². The summed E-state index contributed by atoms with van der Waals surface area (Å²) in [5, 5.41) is 0. The summed E-state index contributed by atoms with van der Waals surface area (Å²) in [6.45, 7) is 10.8. The van der Waals surface area contributed by atoms with Gasteiger partial charge in [-0.15, -0.1) is 0 Å². The third-order valence-electron chi connectivity index (χ3n) is 2.63. The van der Waals surface area contributed by atoms with Crippen LogP contribution in [-0.4, -0.2) is 31.6 Å². The second-order valence-corrected chi connectivity index (χ2v) is 7.07. The second kappa shape index (κ2) is 7.32. The molecule has 0 saturated carbocycles. The van der Waals surface area contributed by atoms with E-state index in [9.17, 15) is 4.57 Å². The van der Waals surface area contributed by atoms with E-state index >= 15 is 0 Å². The number of hydrogen-bond donors (Lipinski definition) is 0. The van der Waals surface area contributed by atoms with Gasteiger partial charge in [0.1, 0.15) is 11.8 Å². The fraction of sp³-hybridized carbons (Fsp3) is 0.846. The third kappa shape index (κ3) is 4.51. The maximum absolute atomic E-state index is 12.7. The lowest BCUT2D eigenvalue weighted by molar-refractivity contribution is 0.0107. The van der Waals surface area contributed by atoms with Crippen molar-refractivity contribution in [3.8, 4) is 0 Å². The van der Waals surface area contributed by atoms with E-state index in [4.69, 9.17) is 18.5 Å². The van der Waals surface area contributed by atoms with Crippen LogP contribution in [0.25, 0.3) is 0 Å². The Morgan fingerprint density at radius 3 is 2.37 bits per heavy atom. The van der Waals surface area contributed by atoms with Crippen molar-refractivity contribution in [2.75, 3.05) is 19.8 Å². The van der Waals surface area contributed by atoms with Gasteiger partial charge in [0.05, 0.1) is 19.8 Å². The summed E-state index contributed by atoms with van der Waals surface area (Å²) in [7, 11) is -3.19. The molecule has 0 spiro atoms. The molecule has 6 heteroatoms. The highest BCUT2D eigenvalue weighted by Gasteiger charge is 2.43. The van der Waals surface area contributed by atoms with Gasteiger partial charge in [-0.1, -0.05) is 13.8 Å². The fourth-order valence-electron chi connectivity index (χ4n) is 1.82. The monoisotopic (exact) mass is 292 g/mol. The molecule has 2 unspecified atom stereocenters. The van der Waals surface area contributed by atoms with Crippen LogP contribution in [0.4, 0.5) is 0 Å². The summed E-state index contributed by atoms with van der Waals surface area (Å²) in [5.74, 6) is 0.829. The molecule has 0 N–H and O–H groups in total. The van der Waals surface area contributed by atoms with Crippen molar-refractivity contribution in [3.63, 3.8) is 0 Å². The molecule has 5 nitrogen and oxygen atoms in total. The molecule has 19 heavy (non-hydrogen) atoms. The van der Waals surface area contributed by atoms with Gasteiger partial charge < -0.3 is 18.5 Å². The molecule has 0 aromatic rings. The molecule has 0 aliphatic carbocycles. The van der Waals surface area contributed by atoms with Crippen molar-refractivity contribution in [2.24, 2.45) is 5.92 Å². The van der Waals surface area contributed by atoms with Crippen LogP contribution in [0.2, 0.25) is 0 Å². The molecule has 112 valence electrons. The van der Waals surface area contributed by atoms with Crippen LogP contribution in [0.5, 0.6) is 0 Å². The summed E-state index contributed by atoms with van der Waals surface area (Å²) in [5.41, 5.74) is -0.408. The highest BCUT2D eigenvalue weighted by molar-refractivity contribution is 7.55. The Bertz CT molecular complexity index is 343. The van der Waals surface area contributed by atoms with Crippen LogP contribution >= 0.6 is 7.60 Å². The Morgan fingerprint density at radius 1 is 1.32 bits per heavy atom. The Labute approximate surface area is 115 Å². The van der Waals surface area contributed by atoms with Gasteiger partial charge in [0.2, 0.25) is 0 Å². The lowest BCUT2D eigenvalue weighted by atomic mass is 10.2. The molecule has 1 rings (SSSR count). The first-order valence-electron chi connectivity index (χ1n) is 6.83. The van der Waals surface area contributed by atoms with E-state index in [1.165, 1.54) is 0 Å². The molecule has 0 fully saturated rings. The quantitative estimate of drug-likeness (QED) is 0.640. The molecule has 1 aliphatic rings. The smallest absolute Gasteiger partial charge is 0.341 e. The van der Waals surface area contributed by atoms with Gasteiger partial charge in [-0.25, -0.2) is 0 Å². The normalized spacial score (nSPS) is 23.4. The van der Waals surface area contributed by atoms with Crippen LogP contribution in [0.1, 0.15) is 34.6 Å². The van der Waals surface area contributed by atoms with Crippen molar-refractivity contribution in [1.82, 2.24) is 0 Å². The molecule has 0 amide bonds. The van der Waals surface area contributed by atoms with Crippen LogP contribution in [0, 0.1) is 5.92 Å². The van der Waals surface area contributed by atoms with Crippen LogP contribution in [0.3, 0.4) is 0 Å². The van der Waals surface area contributed by atoms with Crippen LogP contribution in [0.15, 0.2) is 12.0 Å². The van der Waals surface area contributed by atoms with Gasteiger partial charge in [-0.05, 0) is 26.7 Å². The van der Waals surface area contributed by atoms with Gasteiger partial charge in [0.25, 0.3) is 5.95 Å². The standard InChI is InChI=1S/C13H25O5P/c1-6-16-19(14,17-7-2)12-8-13(18-11(12)5)15-9-10(3)4/h8,10-12H,6-7,9H2,1-5H3. The van der Waals surface area contributed by atoms with Crippen molar-refractivity contribution >= 4 is 7.60 Å². The Hall–Kier alpha value is -0.510. The molecule has 0 saturated heterocycles. The maximum atomic E-state index is 12.7. The summed E-state index contributed by atoms with van der Waals surface area (Å²) >= 11 is 0. The molecule has 2 atom stereocenters. The molecule has 1 aliphatic heterocycles. The van der Waals surface area contributed by atoms with E-state index < -0.39 is 13.3 Å². The zero-order valence-electron chi connectivity index (χ0n) is 12.4. The third-order valence-corrected chi connectivity index (χ3v) is 5.17. The first-order valence-corrected chi connectivity index (χ1v) is 8.44. The van der Waals surface area contributed by atoms with Gasteiger partial charge in [0.15, 0.2) is 0 Å². The van der Waals surface area contributed by atoms with E-state index in [0.29, 0.717) is 31.7 Å². The first-order chi connectivity index (χ1) is 8.92. The highest BCUT2D eigenvalue weighted by Crippen LogP contribution is 2.57. The second-order valence-electron chi connectivity index (χ2n) is 4.88. The zero-order valence-corrected chi connectivity index (χ0v) is 13.3. The zero-order chi connectivity index (χ0) is 14.5. The van der Waals surface area contributed by atoms with Crippen LogP contribution < -0.4 is 0 Å². The summed E-state index contributed by atoms with van der Waals surface area (Å²) in [6, 6.07) is 0. The van der Waals surface area contributed by atoms with E-state index in [2.05, 4.69) is 13.8 Å². The first kappa shape index (κ1) is 16.5. The minimum Gasteiger partial charge on any atom is -0.465 e. The molecule has 0 bridgehead atoms. The van der Waals surface area contributed by atoms with Gasteiger partial charge in [-0.3, -0.25) is 4.57 Å². The maximum Gasteiger partial charge on any atom is 0.341 e. The summed E-state index contributed by atoms with van der Waals surface area (Å²) in [4.78, 5) is 0. The molecule has 1 heterocycles. The van der Waals surface area contributed by atoms with Gasteiger partial charge in [0, 0.05) is 6.08 Å². The molecule has 0 radical (unpaired) electrons. The van der Waals surface area contributed by atoms with E-state index in [1.54, 1.807) is 19.9 Å². The Kier molecular flexibility index (Phi) is 6.37. The van der Waals surface area contributed by atoms with Gasteiger partial charge in [-0.2, -0.15) is 0 Å². The van der Waals surface area contributed by atoms with Gasteiger partial charge >= 0.3 is 7.60 Å². The molecular formula is C13H25O5P. The van der Waals surface area contributed by atoms with E-state index in [-0.39, 0.29) is 6.10 Å². The number of rotatable bonds is 8. The lowest BCUT2D eigenvalue weighted by Crippen LogP contribution is -2.21. The Balaban J connectivity index is 2.77. The number of hydrogen-bond acceptors (Lipinski definition) is 5. The van der Waals surface area contributed by atoms with E-state index in [1.807, 2.05) is 6.92 Å². The summed E-state index contributed by atoms with van der Waals surface area (Å²) < 4.78 is 34.5. The average molecular weight is 292 g/mol. The average Bonchev–Trinajstić information content (AvgIpc) is 2.69. The predicted molar refractivity (Wildman–Crippen MR) is 74.1 cm³/mol. The predicted octanol–water partition coefficient (Wildman–Crippen LogP) is 3.55. The minimum absolute atomic E-state index is 0.272. The van der Waals surface area contributed by atoms with Crippen molar-refractivity contribution in [2.45, 2.75) is 46.4 Å². The molecule has 0 aromatic carbocycles. The molecule has 0 aromatic heterocycles. The minimum atomic E-state index is -3.19. The SMILES string of the molecule is CCOP(=O)(OCC)C1C=C(OCC(C)C)OC1C. The molecular weight excluding hydrogens is 267 g/mol. The van der Waals surface area contributed by atoms with Crippen molar-refractivity contribution < 1.29 is 23.1 Å².